The van der Waals surface area contributed by atoms with Crippen molar-refractivity contribution in [2.45, 2.75) is 44.5 Å². The van der Waals surface area contributed by atoms with E-state index in [1.165, 1.54) is 4.90 Å². The maximum Gasteiger partial charge on any atom is 0.261 e. The third kappa shape index (κ3) is 5.28. The van der Waals surface area contributed by atoms with Crippen LogP contribution in [0.4, 0.5) is 4.39 Å². The minimum Gasteiger partial charge on any atom is -0.476 e. The third-order valence-corrected chi connectivity index (χ3v) is 9.43. The van der Waals surface area contributed by atoms with Crippen molar-refractivity contribution in [3.05, 3.63) is 81.4 Å². The summed E-state index contributed by atoms with van der Waals surface area (Å²) in [6.45, 7) is 4.09. The Hall–Kier alpha value is -4.75. The number of allylic oxidation sites excluding steroid dienone is 1. The Bertz CT molecular complexity index is 1680. The van der Waals surface area contributed by atoms with Crippen LogP contribution in [0.5, 0.6) is 0 Å². The van der Waals surface area contributed by atoms with Crippen molar-refractivity contribution in [1.82, 2.24) is 25.3 Å². The number of piperazine rings is 1. The van der Waals surface area contributed by atoms with Gasteiger partial charge in [0, 0.05) is 86.5 Å². The van der Waals surface area contributed by atoms with Gasteiger partial charge in [-0.1, -0.05) is 30.3 Å². The molecular weight excluding hydrogens is 597 g/mol. The first-order valence-corrected chi connectivity index (χ1v) is 15.4. The third-order valence-electron chi connectivity index (χ3n) is 9.43. The number of hydrogen-bond donors (Lipinski definition) is 2. The first-order valence-electron chi connectivity index (χ1n) is 15.4. The SMILES string of the molecule is O=C1CCC(N2Cc3c(ccc(CN4CCN(CCNC(=O)C5CC6=C(O5)C(=O)c5ccccc5C6=O)CC4)c3F)C2=O)C(=O)N1. The van der Waals surface area contributed by atoms with Gasteiger partial charge < -0.3 is 15.0 Å². The van der Waals surface area contributed by atoms with Gasteiger partial charge in [-0.05, 0) is 12.5 Å². The average Bonchev–Trinajstić information content (AvgIpc) is 3.65. The Balaban J connectivity index is 0.871. The maximum absolute atomic E-state index is 15.6. The molecule has 5 aliphatic rings. The molecule has 0 bridgehead atoms. The number of carbonyl (C=O) groups is 6. The van der Waals surface area contributed by atoms with E-state index in [4.69, 9.17) is 4.74 Å². The number of nitrogens with one attached hydrogen (secondary N) is 2. The van der Waals surface area contributed by atoms with Crippen LogP contribution in [0.15, 0.2) is 47.7 Å². The number of rotatable bonds is 7. The van der Waals surface area contributed by atoms with Crippen LogP contribution in [0, 0.1) is 5.82 Å². The molecule has 2 fully saturated rings. The molecule has 2 atom stereocenters. The summed E-state index contributed by atoms with van der Waals surface area (Å²) in [7, 11) is 0. The molecular formula is C33H32FN5O7. The Morgan fingerprint density at radius 1 is 0.935 bits per heavy atom. The molecule has 2 N–H and O–H groups in total. The summed E-state index contributed by atoms with van der Waals surface area (Å²) < 4.78 is 21.3. The number of piperidine rings is 1. The Labute approximate surface area is 263 Å². The van der Waals surface area contributed by atoms with Gasteiger partial charge in [0.25, 0.3) is 11.8 Å². The highest BCUT2D eigenvalue weighted by molar-refractivity contribution is 6.26. The van der Waals surface area contributed by atoms with E-state index in [2.05, 4.69) is 20.4 Å². The lowest BCUT2D eigenvalue weighted by molar-refractivity contribution is -0.137. The molecule has 0 aromatic heterocycles. The molecule has 2 aromatic rings. The molecule has 12 nitrogen and oxygen atoms in total. The van der Waals surface area contributed by atoms with Crippen molar-refractivity contribution < 1.29 is 37.9 Å². The molecule has 0 radical (unpaired) electrons. The quantitative estimate of drug-likeness (QED) is 0.428. The zero-order valence-corrected chi connectivity index (χ0v) is 25.0. The monoisotopic (exact) mass is 629 g/mol. The first-order chi connectivity index (χ1) is 22.2. The molecule has 4 amide bonds. The number of hydrogen-bond acceptors (Lipinski definition) is 9. The lowest BCUT2D eigenvalue weighted by atomic mass is 9.87. The van der Waals surface area contributed by atoms with Gasteiger partial charge in [0.15, 0.2) is 17.6 Å². The molecule has 4 heterocycles. The van der Waals surface area contributed by atoms with E-state index in [0.717, 1.165) is 0 Å². The van der Waals surface area contributed by atoms with Crippen LogP contribution in [0.1, 0.15) is 61.5 Å². The van der Waals surface area contributed by atoms with Gasteiger partial charge in [-0.3, -0.25) is 43.9 Å². The van der Waals surface area contributed by atoms with E-state index in [1.54, 1.807) is 36.4 Å². The number of fused-ring (bicyclic) bond motifs is 2. The van der Waals surface area contributed by atoms with Gasteiger partial charge in [0.05, 0.1) is 12.1 Å². The zero-order chi connectivity index (χ0) is 32.1. The maximum atomic E-state index is 15.6. The number of amides is 4. The number of ether oxygens (including phenoxy) is 1. The number of carbonyl (C=O) groups excluding carboxylic acids is 6. The van der Waals surface area contributed by atoms with Gasteiger partial charge in [0.2, 0.25) is 17.6 Å². The van der Waals surface area contributed by atoms with Crippen LogP contribution in [0.3, 0.4) is 0 Å². The Morgan fingerprint density at radius 2 is 1.65 bits per heavy atom. The van der Waals surface area contributed by atoms with E-state index in [0.29, 0.717) is 56.9 Å². The van der Waals surface area contributed by atoms with Gasteiger partial charge in [-0.15, -0.1) is 0 Å². The minimum absolute atomic E-state index is 0.00946. The number of halogens is 1. The summed E-state index contributed by atoms with van der Waals surface area (Å²) >= 11 is 0. The van der Waals surface area contributed by atoms with E-state index in [9.17, 15) is 28.8 Å². The summed E-state index contributed by atoms with van der Waals surface area (Å²) in [5.74, 6) is -2.80. The molecule has 238 valence electrons. The largest absolute Gasteiger partial charge is 0.476 e. The number of nitrogens with zero attached hydrogens (tertiary/aromatic N) is 3. The highest BCUT2D eigenvalue weighted by Gasteiger charge is 2.43. The van der Waals surface area contributed by atoms with Gasteiger partial charge >= 0.3 is 0 Å². The lowest BCUT2D eigenvalue weighted by Crippen LogP contribution is -2.52. The predicted octanol–water partition coefficient (Wildman–Crippen LogP) is 0.943. The van der Waals surface area contributed by atoms with Crippen molar-refractivity contribution in [2.24, 2.45) is 0 Å². The molecule has 13 heteroatoms. The summed E-state index contributed by atoms with van der Waals surface area (Å²) in [5.41, 5.74) is 1.88. The standard InChI is InChI=1S/C33H32FN5O7/c34-27-18(5-6-21-23(27)17-39(33(21)45)24-7-8-26(40)36-31(24)43)16-38-13-11-37(12-14-38)10-9-35-32(44)25-15-22-28(41)19-3-1-2-4-20(19)29(42)30(22)46-25/h1-6,24-25H,7-17H2,(H,35,44)(H,36,40,43). The fraction of sp³-hybridized carbons (Fsp3) is 0.394. The highest BCUT2D eigenvalue weighted by Crippen LogP contribution is 2.36. The van der Waals surface area contributed by atoms with E-state index in [1.807, 2.05) is 0 Å². The van der Waals surface area contributed by atoms with Crippen molar-refractivity contribution in [1.29, 1.82) is 0 Å². The summed E-state index contributed by atoms with van der Waals surface area (Å²) in [4.78, 5) is 81.0. The minimum atomic E-state index is -0.933. The molecule has 4 aliphatic heterocycles. The van der Waals surface area contributed by atoms with Crippen molar-refractivity contribution in [2.75, 3.05) is 39.3 Å². The summed E-state index contributed by atoms with van der Waals surface area (Å²) in [5, 5.41) is 5.12. The molecule has 1 aliphatic carbocycles. The Morgan fingerprint density at radius 3 is 2.39 bits per heavy atom. The molecule has 0 saturated carbocycles. The molecule has 7 rings (SSSR count). The van der Waals surface area contributed by atoms with Crippen molar-refractivity contribution in [3.8, 4) is 0 Å². The van der Waals surface area contributed by atoms with Crippen LogP contribution in [0.25, 0.3) is 0 Å². The number of ketones is 2. The fourth-order valence-electron chi connectivity index (χ4n) is 6.87. The topological polar surface area (TPSA) is 145 Å². The lowest BCUT2D eigenvalue weighted by Gasteiger charge is -2.34. The fourth-order valence-corrected chi connectivity index (χ4v) is 6.87. The Kier molecular flexibility index (Phi) is 7.73. The van der Waals surface area contributed by atoms with Crippen LogP contribution in [-0.2, 0) is 32.2 Å². The predicted molar refractivity (Wildman–Crippen MR) is 159 cm³/mol. The van der Waals surface area contributed by atoms with Crippen molar-refractivity contribution >= 4 is 35.2 Å². The highest BCUT2D eigenvalue weighted by atomic mass is 19.1. The normalized spacial score (nSPS) is 23.2. The first kappa shape index (κ1) is 29.9. The van der Waals surface area contributed by atoms with Gasteiger partial charge in [-0.2, -0.15) is 0 Å². The molecule has 46 heavy (non-hydrogen) atoms. The van der Waals surface area contributed by atoms with E-state index < -0.39 is 29.8 Å². The molecule has 0 spiro atoms. The van der Waals surface area contributed by atoms with Crippen molar-refractivity contribution in [3.63, 3.8) is 0 Å². The molecule has 2 unspecified atom stereocenters. The number of imide groups is 1. The van der Waals surface area contributed by atoms with Gasteiger partial charge in [0.1, 0.15) is 11.9 Å². The van der Waals surface area contributed by atoms with E-state index >= 15 is 4.39 Å². The van der Waals surface area contributed by atoms with Crippen LogP contribution < -0.4 is 10.6 Å². The number of Topliss-reactive ketones (excluding diaryl/α,β-unsaturated/α-hetero) is 2. The summed E-state index contributed by atoms with van der Waals surface area (Å²) in [6.07, 6.45) is -0.521. The second-order valence-electron chi connectivity index (χ2n) is 12.2. The average molecular weight is 630 g/mol. The molecule has 2 saturated heterocycles. The van der Waals surface area contributed by atoms with Crippen LogP contribution >= 0.6 is 0 Å². The smallest absolute Gasteiger partial charge is 0.261 e. The second kappa shape index (κ2) is 11.9. The zero-order valence-electron chi connectivity index (χ0n) is 25.0. The molecule has 2 aromatic carbocycles. The van der Waals surface area contributed by atoms with Crippen LogP contribution in [0.2, 0.25) is 0 Å². The van der Waals surface area contributed by atoms with E-state index in [-0.39, 0.29) is 77.2 Å². The summed E-state index contributed by atoms with van der Waals surface area (Å²) in [6, 6.07) is 9.02. The number of benzene rings is 2. The van der Waals surface area contributed by atoms with Crippen LogP contribution in [-0.4, -0.2) is 101 Å². The van der Waals surface area contributed by atoms with Gasteiger partial charge in [-0.25, -0.2) is 4.39 Å². The second-order valence-corrected chi connectivity index (χ2v) is 12.2.